The second kappa shape index (κ2) is 14.4. The zero-order valence-electron chi connectivity index (χ0n) is 25.7. The number of aromatic nitrogens is 1. The molecule has 9 nitrogen and oxygen atoms in total. The summed E-state index contributed by atoms with van der Waals surface area (Å²) in [4.78, 5) is 3.28. The molecule has 0 aliphatic carbocycles. The van der Waals surface area contributed by atoms with Crippen LogP contribution in [0.1, 0.15) is 24.4 Å². The Morgan fingerprint density at radius 1 is 0.886 bits per heavy atom. The highest BCUT2D eigenvalue weighted by Gasteiger charge is 2.26. The van der Waals surface area contributed by atoms with Gasteiger partial charge >= 0.3 is 0 Å². The minimum atomic E-state index is -4.27. The van der Waals surface area contributed by atoms with Crippen LogP contribution in [-0.4, -0.2) is 48.0 Å². The van der Waals surface area contributed by atoms with Crippen LogP contribution >= 0.6 is 23.1 Å². The summed E-state index contributed by atoms with van der Waals surface area (Å²) in [6.45, 7) is 7.86. The van der Waals surface area contributed by atoms with E-state index >= 15 is 0 Å². The molecule has 0 amide bonds. The van der Waals surface area contributed by atoms with Crippen LogP contribution in [0.25, 0.3) is 16.3 Å². The Kier molecular flexibility index (Phi) is 10.8. The van der Waals surface area contributed by atoms with Gasteiger partial charge in [-0.1, -0.05) is 46.9 Å². The van der Waals surface area contributed by atoms with Gasteiger partial charge in [0.15, 0.2) is 23.0 Å². The number of benzene rings is 3. The third kappa shape index (κ3) is 7.15. The lowest BCUT2D eigenvalue weighted by atomic mass is 10.2. The quantitative estimate of drug-likeness (QED) is 0.145. The number of hydrogen-bond acceptors (Lipinski definition) is 10. The summed E-state index contributed by atoms with van der Waals surface area (Å²) in [5.41, 5.74) is 3.21. The topological polar surface area (TPSA) is 101 Å². The van der Waals surface area contributed by atoms with E-state index in [1.54, 1.807) is 63.7 Å². The molecule has 1 aromatic heterocycles. The Labute approximate surface area is 267 Å². The summed E-state index contributed by atoms with van der Waals surface area (Å²) in [6.07, 6.45) is 6.45. The molecule has 0 radical (unpaired) electrons. The highest BCUT2D eigenvalue weighted by Crippen LogP contribution is 2.50. The Bertz CT molecular complexity index is 1800. The Balaban J connectivity index is 0.000000339. The van der Waals surface area contributed by atoms with Gasteiger partial charge in [0.05, 0.1) is 50.1 Å². The zero-order chi connectivity index (χ0) is 32.0. The molecule has 0 atom stereocenters. The monoisotopic (exact) mass is 656 g/mol. The third-order valence-electron chi connectivity index (χ3n) is 6.89. The zero-order valence-corrected chi connectivity index (χ0v) is 28.2. The van der Waals surface area contributed by atoms with E-state index in [0.29, 0.717) is 0 Å². The van der Waals surface area contributed by atoms with E-state index in [-0.39, 0.29) is 4.90 Å². The minimum Gasteiger partial charge on any atom is -0.744 e. The van der Waals surface area contributed by atoms with Gasteiger partial charge < -0.3 is 28.4 Å². The number of aryl methyl sites for hydroxylation is 2. The Morgan fingerprint density at radius 3 is 2.05 bits per heavy atom. The lowest BCUT2D eigenvalue weighted by Gasteiger charge is -2.18. The highest BCUT2D eigenvalue weighted by molar-refractivity contribution is 8.03. The first-order chi connectivity index (χ1) is 21.1. The molecule has 234 valence electrons. The van der Waals surface area contributed by atoms with Crippen molar-refractivity contribution < 1.29 is 36.5 Å². The summed E-state index contributed by atoms with van der Waals surface area (Å²) >= 11 is 3.48. The Morgan fingerprint density at radius 2 is 1.48 bits per heavy atom. The number of anilines is 1. The van der Waals surface area contributed by atoms with Crippen LogP contribution in [0.3, 0.4) is 0 Å². The summed E-state index contributed by atoms with van der Waals surface area (Å²) in [6, 6.07) is 14.0. The number of thioether (sulfide) groups is 1. The summed E-state index contributed by atoms with van der Waals surface area (Å²) in [5, 5.41) is 2.35. The van der Waals surface area contributed by atoms with Crippen molar-refractivity contribution >= 4 is 55.2 Å². The molecule has 5 rings (SSSR count). The van der Waals surface area contributed by atoms with Crippen LogP contribution in [0.15, 0.2) is 75.5 Å². The fourth-order valence-electron chi connectivity index (χ4n) is 4.68. The van der Waals surface area contributed by atoms with Crippen molar-refractivity contribution in [1.29, 1.82) is 0 Å². The number of thiazole rings is 1. The fraction of sp³-hybridized carbons (Fsp3) is 0.281. The SMILES string of the molecule is CCN1/C(=C\C=C\c2sc3cc(OC)c(OC)cc3[n+]2CC)Sc2cc(OC)c(OC)cc21.Cc1ccc(S(=O)(=O)[O-])cc1. The van der Waals surface area contributed by atoms with Crippen molar-refractivity contribution in [1.82, 2.24) is 0 Å². The molecule has 44 heavy (non-hydrogen) atoms. The molecule has 2 heterocycles. The van der Waals surface area contributed by atoms with Gasteiger partial charge in [-0.05, 0) is 39.0 Å². The van der Waals surface area contributed by atoms with Gasteiger partial charge in [0, 0.05) is 35.7 Å². The van der Waals surface area contributed by atoms with Gasteiger partial charge in [-0.25, -0.2) is 8.42 Å². The van der Waals surface area contributed by atoms with E-state index in [1.807, 2.05) is 31.2 Å². The minimum absolute atomic E-state index is 0.178. The van der Waals surface area contributed by atoms with Crippen LogP contribution in [0.5, 0.6) is 23.0 Å². The second-order valence-electron chi connectivity index (χ2n) is 9.51. The number of allylic oxidation sites excluding steroid dienone is 2. The van der Waals surface area contributed by atoms with Crippen LogP contribution in [-0.2, 0) is 16.7 Å². The molecule has 4 aromatic rings. The lowest BCUT2D eigenvalue weighted by Crippen LogP contribution is -2.33. The maximum Gasteiger partial charge on any atom is 0.262 e. The molecule has 3 aromatic carbocycles. The molecule has 0 N–H and O–H groups in total. The third-order valence-corrected chi connectivity index (χ3v) is 9.97. The summed E-state index contributed by atoms with van der Waals surface area (Å²) in [7, 11) is 2.40. The molecule has 1 aliphatic rings. The number of ether oxygens (including phenoxy) is 4. The molecule has 1 aliphatic heterocycles. The van der Waals surface area contributed by atoms with Crippen LogP contribution in [0.4, 0.5) is 5.69 Å². The maximum absolute atomic E-state index is 10.4. The van der Waals surface area contributed by atoms with E-state index in [4.69, 9.17) is 18.9 Å². The molecule has 0 saturated carbocycles. The first-order valence-corrected chi connectivity index (χ1v) is 16.8. The van der Waals surface area contributed by atoms with Crippen molar-refractivity contribution in [3.05, 3.63) is 76.3 Å². The largest absolute Gasteiger partial charge is 0.744 e. The predicted octanol–water partition coefficient (Wildman–Crippen LogP) is 6.63. The van der Waals surface area contributed by atoms with Crippen molar-refractivity contribution in [3.8, 4) is 23.0 Å². The van der Waals surface area contributed by atoms with E-state index in [9.17, 15) is 13.0 Å². The smallest absolute Gasteiger partial charge is 0.262 e. The van der Waals surface area contributed by atoms with Crippen LogP contribution < -0.4 is 28.4 Å². The van der Waals surface area contributed by atoms with Gasteiger partial charge in [0.2, 0.25) is 5.52 Å². The van der Waals surface area contributed by atoms with Crippen molar-refractivity contribution in [2.45, 2.75) is 37.1 Å². The van der Waals surface area contributed by atoms with Crippen molar-refractivity contribution in [2.75, 3.05) is 39.9 Å². The molecular formula is C32H36N2O7S3. The summed E-state index contributed by atoms with van der Waals surface area (Å²) in [5.74, 6) is 2.98. The number of hydrogen-bond donors (Lipinski definition) is 0. The van der Waals surface area contributed by atoms with E-state index in [1.165, 1.54) is 31.8 Å². The van der Waals surface area contributed by atoms with Crippen LogP contribution in [0, 0.1) is 6.92 Å². The van der Waals surface area contributed by atoms with Crippen LogP contribution in [0.2, 0.25) is 0 Å². The number of fused-ring (bicyclic) bond motifs is 2. The van der Waals surface area contributed by atoms with E-state index < -0.39 is 10.1 Å². The van der Waals surface area contributed by atoms with Gasteiger partial charge in [-0.2, -0.15) is 4.57 Å². The first-order valence-electron chi connectivity index (χ1n) is 13.8. The predicted molar refractivity (Wildman–Crippen MR) is 175 cm³/mol. The van der Waals surface area contributed by atoms with Gasteiger partial charge in [0.25, 0.3) is 5.01 Å². The average molecular weight is 657 g/mol. The standard InChI is InChI=1S/C25H29N2O4S2.C7H8O3S/c1-7-26-16-12-18(28-3)20(30-5)14-22(16)32-24(26)10-9-11-25-27(8-2)17-13-19(29-4)21(31-6)15-23(17)33-25;1-6-2-4-7(5-3-6)11(8,9)10/h9-15H,7-8H2,1-6H3;2-5H,1H3,(H,8,9,10)/q+1;/p-1. The molecule has 0 fully saturated rings. The molecule has 0 bridgehead atoms. The first kappa shape index (κ1) is 33.2. The van der Waals surface area contributed by atoms with E-state index in [0.717, 1.165) is 52.9 Å². The second-order valence-corrected chi connectivity index (χ2v) is 13.0. The normalized spacial score (nSPS) is 13.6. The van der Waals surface area contributed by atoms with Gasteiger partial charge in [-0.3, -0.25) is 0 Å². The number of rotatable bonds is 9. The van der Waals surface area contributed by atoms with Crippen molar-refractivity contribution in [2.24, 2.45) is 0 Å². The number of nitrogens with zero attached hydrogens (tertiary/aromatic N) is 2. The molecule has 0 saturated heterocycles. The fourth-order valence-corrected chi connectivity index (χ4v) is 7.44. The maximum atomic E-state index is 10.4. The molecular weight excluding hydrogens is 621 g/mol. The average Bonchev–Trinajstić information content (AvgIpc) is 3.54. The molecule has 0 unspecified atom stereocenters. The summed E-state index contributed by atoms with van der Waals surface area (Å²) < 4.78 is 56.6. The van der Waals surface area contributed by atoms with Gasteiger partial charge in [-0.15, -0.1) is 0 Å². The number of methoxy groups -OCH3 is 4. The van der Waals surface area contributed by atoms with E-state index in [2.05, 4.69) is 41.5 Å². The molecule has 0 spiro atoms. The molecule has 12 heteroatoms. The lowest BCUT2D eigenvalue weighted by molar-refractivity contribution is -0.665. The highest BCUT2D eigenvalue weighted by atomic mass is 32.2. The Hall–Kier alpha value is -3.71. The van der Waals surface area contributed by atoms with Crippen molar-refractivity contribution in [3.63, 3.8) is 0 Å². The van der Waals surface area contributed by atoms with Gasteiger partial charge in [0.1, 0.15) is 21.4 Å².